The summed E-state index contributed by atoms with van der Waals surface area (Å²) >= 11 is 0. The molecule has 2 heterocycles. The minimum absolute atomic E-state index is 0.164. The van der Waals surface area contributed by atoms with E-state index in [1.54, 1.807) is 0 Å². The van der Waals surface area contributed by atoms with Crippen LogP contribution in [0.3, 0.4) is 0 Å². The predicted molar refractivity (Wildman–Crippen MR) is 73.5 cm³/mol. The molecule has 18 nitrogen and oxygen atoms in total. The first-order chi connectivity index (χ1) is 11.2. The van der Waals surface area contributed by atoms with Crippen molar-refractivity contribution in [3.63, 3.8) is 0 Å². The maximum atomic E-state index is 10.3. The monoisotopic (exact) mass is 345 g/mol. The Kier molecular flexibility index (Phi) is 6.17. The van der Waals surface area contributed by atoms with E-state index in [1.165, 1.54) is 0 Å². The molecule has 0 bridgehead atoms. The highest BCUT2D eigenvalue weighted by Gasteiger charge is 2.18. The van der Waals surface area contributed by atoms with Gasteiger partial charge in [0.15, 0.2) is 0 Å². The Labute approximate surface area is 129 Å². The molecule has 2 rings (SSSR count). The van der Waals surface area contributed by atoms with E-state index in [1.807, 2.05) is 0 Å². The van der Waals surface area contributed by atoms with E-state index in [4.69, 9.17) is 20.5 Å². The molecule has 0 unspecified atom stereocenters. The summed E-state index contributed by atoms with van der Waals surface area (Å²) in [5, 5.41) is 65.1. The summed E-state index contributed by atoms with van der Waals surface area (Å²) in [5.74, 6) is -2.08. The Morgan fingerprint density at radius 2 is 1.33 bits per heavy atom. The first-order valence-corrected chi connectivity index (χ1v) is 5.49. The number of guanidine groups is 1. The molecule has 128 valence electrons. The highest BCUT2D eigenvalue weighted by atomic mass is 16.6. The fourth-order valence-corrected chi connectivity index (χ4v) is 1.05. The van der Waals surface area contributed by atoms with Crippen LogP contribution in [0.25, 0.3) is 0 Å². The standard InChI is InChI=1S/C5H5N11O4.BH3O3/c6-1(7-2-9-4(13-11-2)15(17)18)8-3-10-5(14-12-3)16(19)20;2-1(3)4/h(H5,6,7,8,9,10,11,12,13,14);2-4H. The molecule has 0 aromatic carbocycles. The van der Waals surface area contributed by atoms with E-state index in [0.29, 0.717) is 0 Å². The number of aromatic amines is 2. The summed E-state index contributed by atoms with van der Waals surface area (Å²) in [6.07, 6.45) is 0. The van der Waals surface area contributed by atoms with Crippen LogP contribution < -0.4 is 10.6 Å². The lowest BCUT2D eigenvalue weighted by atomic mass is 10.3. The third kappa shape index (κ3) is 5.96. The third-order valence-electron chi connectivity index (χ3n) is 1.76. The van der Waals surface area contributed by atoms with Crippen LogP contribution >= 0.6 is 0 Å². The minimum Gasteiger partial charge on any atom is -0.402 e. The number of hydrogen-bond donors (Lipinski definition) is 8. The van der Waals surface area contributed by atoms with Gasteiger partial charge in [0.1, 0.15) is 0 Å². The summed E-state index contributed by atoms with van der Waals surface area (Å²) in [4.78, 5) is 25.9. The van der Waals surface area contributed by atoms with Crippen molar-refractivity contribution in [1.29, 1.82) is 5.41 Å². The average Bonchev–Trinajstić information content (AvgIpc) is 3.07. The van der Waals surface area contributed by atoms with E-state index in [-0.39, 0.29) is 11.9 Å². The molecule has 2 aromatic heterocycles. The van der Waals surface area contributed by atoms with Crippen LogP contribution in [-0.2, 0) is 0 Å². The summed E-state index contributed by atoms with van der Waals surface area (Å²) in [6.45, 7) is 0. The Morgan fingerprint density at radius 1 is 1.00 bits per heavy atom. The zero-order valence-corrected chi connectivity index (χ0v) is 11.2. The second-order valence-electron chi connectivity index (χ2n) is 3.45. The van der Waals surface area contributed by atoms with Crippen molar-refractivity contribution >= 4 is 37.1 Å². The van der Waals surface area contributed by atoms with E-state index >= 15 is 0 Å². The summed E-state index contributed by atoms with van der Waals surface area (Å²) in [6, 6.07) is 0. The molecule has 24 heavy (non-hydrogen) atoms. The number of nitrogens with one attached hydrogen (secondary N) is 5. The Bertz CT molecular complexity index is 667. The number of rotatable bonds is 4. The molecular weight excluding hydrogens is 337 g/mol. The van der Waals surface area contributed by atoms with E-state index < -0.39 is 35.0 Å². The molecule has 0 aliphatic rings. The van der Waals surface area contributed by atoms with Crippen molar-refractivity contribution in [2.45, 2.75) is 0 Å². The van der Waals surface area contributed by atoms with E-state index in [2.05, 4.69) is 41.0 Å². The van der Waals surface area contributed by atoms with E-state index in [0.717, 1.165) is 0 Å². The second-order valence-corrected chi connectivity index (χ2v) is 3.45. The third-order valence-corrected chi connectivity index (χ3v) is 1.76. The zero-order chi connectivity index (χ0) is 18.3. The highest BCUT2D eigenvalue weighted by Crippen LogP contribution is 2.07. The maximum Gasteiger partial charge on any atom is 0.631 e. The lowest BCUT2D eigenvalue weighted by Gasteiger charge is -1.99. The summed E-state index contributed by atoms with van der Waals surface area (Å²) in [5.41, 5.74) is 0. The van der Waals surface area contributed by atoms with Gasteiger partial charge in [-0.3, -0.25) is 16.0 Å². The van der Waals surface area contributed by atoms with Gasteiger partial charge in [0.25, 0.3) is 0 Å². The SMILES string of the molecule is N=C(Nc1nc([N+](=O)[O-])n[nH]1)Nc1nc([N+](=O)[O-])n[nH]1.OB(O)O. The fourth-order valence-electron chi connectivity index (χ4n) is 1.05. The lowest BCUT2D eigenvalue weighted by molar-refractivity contribution is -0.394. The zero-order valence-electron chi connectivity index (χ0n) is 11.2. The van der Waals surface area contributed by atoms with Crippen LogP contribution in [0.15, 0.2) is 0 Å². The smallest absolute Gasteiger partial charge is 0.402 e. The van der Waals surface area contributed by atoms with Gasteiger partial charge in [-0.15, -0.1) is 0 Å². The van der Waals surface area contributed by atoms with E-state index in [9.17, 15) is 20.2 Å². The lowest BCUT2D eigenvalue weighted by Crippen LogP contribution is -2.22. The van der Waals surface area contributed by atoms with Gasteiger partial charge < -0.3 is 35.3 Å². The highest BCUT2D eigenvalue weighted by molar-refractivity contribution is 6.30. The molecule has 0 spiro atoms. The predicted octanol–water partition coefficient (Wildman–Crippen LogP) is -2.85. The molecule has 0 atom stereocenters. The molecule has 2 aromatic rings. The van der Waals surface area contributed by atoms with Gasteiger partial charge in [-0.1, -0.05) is 0 Å². The van der Waals surface area contributed by atoms with Crippen LogP contribution in [0.1, 0.15) is 0 Å². The molecule has 0 saturated carbocycles. The van der Waals surface area contributed by atoms with Crippen LogP contribution in [0.5, 0.6) is 0 Å². The van der Waals surface area contributed by atoms with Crippen molar-refractivity contribution in [1.82, 2.24) is 30.4 Å². The molecule has 0 aliphatic carbocycles. The van der Waals surface area contributed by atoms with Crippen molar-refractivity contribution in [2.75, 3.05) is 10.6 Å². The van der Waals surface area contributed by atoms with Gasteiger partial charge in [0.05, 0.1) is 0 Å². The fraction of sp³-hybridized carbons (Fsp3) is 0. The molecule has 19 heteroatoms. The summed E-state index contributed by atoms with van der Waals surface area (Å²) in [7, 11) is -2.17. The van der Waals surface area contributed by atoms with Crippen molar-refractivity contribution < 1.29 is 24.9 Å². The number of nitro groups is 2. The van der Waals surface area contributed by atoms with Gasteiger partial charge in [-0.25, -0.2) is 0 Å². The number of nitrogens with zero attached hydrogens (tertiary/aromatic N) is 6. The molecular formula is C5H8BN11O7. The Balaban J connectivity index is 0.000000648. The quantitative estimate of drug-likeness (QED) is 0.0910. The van der Waals surface area contributed by atoms with Crippen molar-refractivity contribution in [3.8, 4) is 0 Å². The molecule has 0 amide bonds. The Morgan fingerprint density at radius 3 is 1.58 bits per heavy atom. The molecule has 0 saturated heterocycles. The van der Waals surface area contributed by atoms with Crippen molar-refractivity contribution in [3.05, 3.63) is 20.2 Å². The normalized spacial score (nSPS) is 9.46. The largest absolute Gasteiger partial charge is 0.631 e. The van der Waals surface area contributed by atoms with Gasteiger partial charge in [0.2, 0.25) is 5.96 Å². The van der Waals surface area contributed by atoms with Gasteiger partial charge in [-0.2, -0.15) is 10.2 Å². The van der Waals surface area contributed by atoms with Crippen molar-refractivity contribution in [2.24, 2.45) is 0 Å². The van der Waals surface area contributed by atoms with Gasteiger partial charge in [-0.05, 0) is 19.8 Å². The van der Waals surface area contributed by atoms with Crippen LogP contribution in [-0.4, -0.2) is 68.6 Å². The van der Waals surface area contributed by atoms with Gasteiger partial charge in [0, 0.05) is 10.2 Å². The number of H-pyrrole nitrogens is 2. The average molecular weight is 345 g/mol. The van der Waals surface area contributed by atoms with Crippen LogP contribution in [0.4, 0.5) is 23.8 Å². The summed E-state index contributed by atoms with van der Waals surface area (Å²) < 4.78 is 0. The molecule has 0 fully saturated rings. The molecule has 0 aliphatic heterocycles. The first-order valence-electron chi connectivity index (χ1n) is 5.49. The Hall–Kier alpha value is -3.71. The molecule has 0 radical (unpaired) electrons. The molecule has 8 N–H and O–H groups in total. The minimum atomic E-state index is -2.17. The number of hydrogen-bond acceptors (Lipinski definition) is 12. The first kappa shape index (κ1) is 18.3. The number of aromatic nitrogens is 6. The van der Waals surface area contributed by atoms with Gasteiger partial charge >= 0.3 is 31.1 Å². The second kappa shape index (κ2) is 8.07. The van der Waals surface area contributed by atoms with Crippen LogP contribution in [0, 0.1) is 25.6 Å². The maximum absolute atomic E-state index is 10.3. The van der Waals surface area contributed by atoms with Crippen LogP contribution in [0.2, 0.25) is 0 Å². The number of anilines is 2. The topological polar surface area (TPSA) is 278 Å².